The standard InChI is InChI=1S/C18H26N2O2/c1-11-17(12(2)22-19-11)3-4-18(21)20-10-15-6-13-5-14(7-15)9-16(20)8-13/h13-16H,3-10H2,1-2H3. The number of hydrogen-bond donors (Lipinski definition) is 0. The van der Waals surface area contributed by atoms with Gasteiger partial charge in [-0.2, -0.15) is 0 Å². The third-order valence-corrected chi connectivity index (χ3v) is 6.20. The summed E-state index contributed by atoms with van der Waals surface area (Å²) in [6.45, 7) is 4.91. The lowest BCUT2D eigenvalue weighted by Crippen LogP contribution is -2.42. The zero-order valence-electron chi connectivity index (χ0n) is 13.7. The van der Waals surface area contributed by atoms with Crippen molar-refractivity contribution in [3.05, 3.63) is 17.0 Å². The maximum Gasteiger partial charge on any atom is 0.223 e. The number of nitrogens with zero attached hydrogens (tertiary/aromatic N) is 2. The van der Waals surface area contributed by atoms with Gasteiger partial charge < -0.3 is 9.42 Å². The van der Waals surface area contributed by atoms with Crippen LogP contribution in [0.5, 0.6) is 0 Å². The summed E-state index contributed by atoms with van der Waals surface area (Å²) < 4.78 is 5.21. The highest BCUT2D eigenvalue weighted by atomic mass is 16.5. The van der Waals surface area contributed by atoms with Gasteiger partial charge in [0.15, 0.2) is 0 Å². The molecule has 4 fully saturated rings. The number of hydrogen-bond acceptors (Lipinski definition) is 3. The Kier molecular flexibility index (Phi) is 3.50. The van der Waals surface area contributed by atoms with Crippen LogP contribution in [0.4, 0.5) is 0 Å². The zero-order valence-corrected chi connectivity index (χ0v) is 13.7. The Morgan fingerprint density at radius 2 is 1.82 bits per heavy atom. The van der Waals surface area contributed by atoms with Crippen LogP contribution in [0, 0.1) is 31.6 Å². The minimum atomic E-state index is 0.346. The van der Waals surface area contributed by atoms with Gasteiger partial charge in [0.25, 0.3) is 0 Å². The summed E-state index contributed by atoms with van der Waals surface area (Å²) >= 11 is 0. The molecule has 2 aliphatic heterocycles. The minimum absolute atomic E-state index is 0.346. The largest absolute Gasteiger partial charge is 0.361 e. The number of aromatic nitrogens is 1. The van der Waals surface area contributed by atoms with Gasteiger partial charge in [-0.3, -0.25) is 4.79 Å². The van der Waals surface area contributed by atoms with Gasteiger partial charge in [-0.05, 0) is 70.1 Å². The highest BCUT2D eigenvalue weighted by molar-refractivity contribution is 5.77. The van der Waals surface area contributed by atoms with Gasteiger partial charge in [-0.1, -0.05) is 5.16 Å². The molecule has 1 aromatic heterocycles. The SMILES string of the molecule is Cc1noc(C)c1CCC(=O)N1CC2CC3CC(C2)CC1C3. The number of rotatable bonds is 3. The van der Waals surface area contributed by atoms with Crippen molar-refractivity contribution >= 4 is 5.91 Å². The van der Waals surface area contributed by atoms with E-state index in [1.165, 1.54) is 32.1 Å². The molecule has 120 valence electrons. The average molecular weight is 302 g/mol. The summed E-state index contributed by atoms with van der Waals surface area (Å²) in [5.74, 6) is 3.75. The van der Waals surface area contributed by atoms with Gasteiger partial charge in [0.05, 0.1) is 5.69 Å². The first-order chi connectivity index (χ1) is 10.6. The van der Waals surface area contributed by atoms with Crippen LogP contribution in [-0.2, 0) is 11.2 Å². The third-order valence-electron chi connectivity index (χ3n) is 6.20. The van der Waals surface area contributed by atoms with E-state index in [9.17, 15) is 4.79 Å². The molecule has 0 aromatic carbocycles. The van der Waals surface area contributed by atoms with Crippen LogP contribution < -0.4 is 0 Å². The van der Waals surface area contributed by atoms with E-state index in [0.717, 1.165) is 47.7 Å². The van der Waals surface area contributed by atoms with Crippen LogP contribution in [0.1, 0.15) is 55.5 Å². The number of aryl methyl sites for hydroxylation is 2. The van der Waals surface area contributed by atoms with Crippen LogP contribution in [0.3, 0.4) is 0 Å². The van der Waals surface area contributed by atoms with E-state index in [4.69, 9.17) is 4.52 Å². The molecule has 4 bridgehead atoms. The second-order valence-corrected chi connectivity index (χ2v) is 7.78. The van der Waals surface area contributed by atoms with E-state index in [2.05, 4.69) is 10.1 Å². The zero-order chi connectivity index (χ0) is 15.3. The lowest BCUT2D eigenvalue weighted by molar-refractivity contribution is -0.134. The highest BCUT2D eigenvalue weighted by Gasteiger charge is 2.43. The molecular weight excluding hydrogens is 276 g/mol. The van der Waals surface area contributed by atoms with Crippen LogP contribution in [0.15, 0.2) is 4.52 Å². The number of carbonyl (C=O) groups excluding carboxylic acids is 1. The van der Waals surface area contributed by atoms with Crippen LogP contribution in [-0.4, -0.2) is 28.6 Å². The fraction of sp³-hybridized carbons (Fsp3) is 0.778. The Morgan fingerprint density at radius 1 is 1.14 bits per heavy atom. The van der Waals surface area contributed by atoms with Crippen molar-refractivity contribution in [2.75, 3.05) is 6.54 Å². The Balaban J connectivity index is 1.44. The Morgan fingerprint density at radius 3 is 2.45 bits per heavy atom. The number of amides is 1. The van der Waals surface area contributed by atoms with Gasteiger partial charge >= 0.3 is 0 Å². The van der Waals surface area contributed by atoms with Crippen molar-refractivity contribution in [2.24, 2.45) is 17.8 Å². The summed E-state index contributed by atoms with van der Waals surface area (Å²) in [6.07, 6.45) is 8.02. The van der Waals surface area contributed by atoms with Gasteiger partial charge in [-0.15, -0.1) is 0 Å². The smallest absolute Gasteiger partial charge is 0.223 e. The molecule has 2 saturated carbocycles. The van der Waals surface area contributed by atoms with Crippen LogP contribution >= 0.6 is 0 Å². The molecule has 4 heteroatoms. The Bertz CT molecular complexity index is 546. The molecule has 1 aromatic rings. The summed E-state index contributed by atoms with van der Waals surface area (Å²) in [5, 5.41) is 3.99. The number of carbonyl (C=O) groups is 1. The molecule has 22 heavy (non-hydrogen) atoms. The molecule has 4 nitrogen and oxygen atoms in total. The summed E-state index contributed by atoms with van der Waals surface area (Å²) in [5.41, 5.74) is 2.05. The first-order valence-electron chi connectivity index (χ1n) is 8.81. The van der Waals surface area contributed by atoms with E-state index in [-0.39, 0.29) is 0 Å². The molecule has 3 heterocycles. The molecule has 0 spiro atoms. The van der Waals surface area contributed by atoms with Crippen molar-refractivity contribution in [3.8, 4) is 0 Å². The van der Waals surface area contributed by atoms with Gasteiger partial charge in [-0.25, -0.2) is 0 Å². The second kappa shape index (κ2) is 5.39. The fourth-order valence-corrected chi connectivity index (χ4v) is 5.32. The predicted molar refractivity (Wildman–Crippen MR) is 83.4 cm³/mol. The molecular formula is C18H26N2O2. The second-order valence-electron chi connectivity index (χ2n) is 7.78. The molecule has 5 rings (SSSR count). The van der Waals surface area contributed by atoms with Crippen molar-refractivity contribution in [2.45, 2.75) is 64.8 Å². The molecule has 2 atom stereocenters. The monoisotopic (exact) mass is 302 g/mol. The molecule has 2 saturated heterocycles. The predicted octanol–water partition coefficient (Wildman–Crippen LogP) is 3.26. The molecule has 4 aliphatic rings. The lowest BCUT2D eigenvalue weighted by atomic mass is 9.68. The fourth-order valence-electron chi connectivity index (χ4n) is 5.32. The van der Waals surface area contributed by atoms with E-state index in [1.807, 2.05) is 13.8 Å². The van der Waals surface area contributed by atoms with Crippen LogP contribution in [0.2, 0.25) is 0 Å². The maximum atomic E-state index is 12.8. The van der Waals surface area contributed by atoms with E-state index in [1.54, 1.807) is 0 Å². The topological polar surface area (TPSA) is 46.3 Å². The first-order valence-corrected chi connectivity index (χ1v) is 8.81. The summed E-state index contributed by atoms with van der Waals surface area (Å²) in [4.78, 5) is 15.0. The molecule has 1 amide bonds. The minimum Gasteiger partial charge on any atom is -0.361 e. The molecule has 2 unspecified atom stereocenters. The Hall–Kier alpha value is -1.32. The highest BCUT2D eigenvalue weighted by Crippen LogP contribution is 2.47. The Labute approximate surface area is 132 Å². The lowest BCUT2D eigenvalue weighted by Gasteiger charge is -2.39. The van der Waals surface area contributed by atoms with E-state index < -0.39 is 0 Å². The molecule has 0 N–H and O–H groups in total. The maximum absolute atomic E-state index is 12.8. The molecule has 0 radical (unpaired) electrons. The van der Waals surface area contributed by atoms with Crippen LogP contribution in [0.25, 0.3) is 0 Å². The van der Waals surface area contributed by atoms with E-state index in [0.29, 0.717) is 18.4 Å². The third kappa shape index (κ3) is 2.46. The average Bonchev–Trinajstić information content (AvgIpc) is 2.66. The van der Waals surface area contributed by atoms with Crippen molar-refractivity contribution in [1.29, 1.82) is 0 Å². The summed E-state index contributed by atoms with van der Waals surface area (Å²) in [6, 6.07) is 0.522. The van der Waals surface area contributed by atoms with Crippen molar-refractivity contribution in [3.63, 3.8) is 0 Å². The normalized spacial score (nSPS) is 33.3. The summed E-state index contributed by atoms with van der Waals surface area (Å²) in [7, 11) is 0. The van der Waals surface area contributed by atoms with Gasteiger partial charge in [0, 0.05) is 24.6 Å². The van der Waals surface area contributed by atoms with E-state index >= 15 is 0 Å². The quantitative estimate of drug-likeness (QED) is 0.861. The number of fused-ring (bicyclic) bond motifs is 1. The molecule has 2 aliphatic carbocycles. The van der Waals surface area contributed by atoms with Crippen molar-refractivity contribution in [1.82, 2.24) is 10.1 Å². The van der Waals surface area contributed by atoms with Gasteiger partial charge in [0.2, 0.25) is 5.91 Å². The van der Waals surface area contributed by atoms with Gasteiger partial charge in [0.1, 0.15) is 5.76 Å². The van der Waals surface area contributed by atoms with Crippen molar-refractivity contribution < 1.29 is 9.32 Å². The first kappa shape index (κ1) is 14.3.